The highest BCUT2D eigenvalue weighted by molar-refractivity contribution is 7.12. The fraction of sp³-hybridized carbons (Fsp3) is 0.750. The van der Waals surface area contributed by atoms with E-state index in [4.69, 9.17) is 10.7 Å². The Morgan fingerprint density at radius 1 is 1.33 bits per heavy atom. The number of rotatable bonds is 2. The van der Waals surface area contributed by atoms with Gasteiger partial charge in [-0.15, -0.1) is 11.3 Å². The average molecular weight is 224 g/mol. The molecule has 0 aliphatic heterocycles. The van der Waals surface area contributed by atoms with Crippen LogP contribution in [0.3, 0.4) is 0 Å². The zero-order valence-corrected chi connectivity index (χ0v) is 10.7. The van der Waals surface area contributed by atoms with Crippen LogP contribution in [0.2, 0.25) is 0 Å². The normalized spacial score (nSPS) is 18.7. The highest BCUT2D eigenvalue weighted by Gasteiger charge is 2.26. The highest BCUT2D eigenvalue weighted by Crippen LogP contribution is 2.39. The first-order valence-corrected chi connectivity index (χ1v) is 6.57. The third-order valence-corrected chi connectivity index (χ3v) is 4.76. The predicted molar refractivity (Wildman–Crippen MR) is 65.3 cm³/mol. The van der Waals surface area contributed by atoms with E-state index in [2.05, 4.69) is 20.8 Å². The molecule has 3 heteroatoms. The summed E-state index contributed by atoms with van der Waals surface area (Å²) in [5, 5.41) is 1.32. The number of thiazole rings is 1. The Balaban J connectivity index is 2.28. The molecule has 1 aromatic heterocycles. The van der Waals surface area contributed by atoms with Crippen molar-refractivity contribution < 1.29 is 0 Å². The Kier molecular flexibility index (Phi) is 2.86. The minimum absolute atomic E-state index is 0.237. The lowest BCUT2D eigenvalue weighted by Gasteiger charge is -2.16. The van der Waals surface area contributed by atoms with Crippen LogP contribution in [0.15, 0.2) is 0 Å². The van der Waals surface area contributed by atoms with E-state index in [1.165, 1.54) is 35.6 Å². The first-order valence-electron chi connectivity index (χ1n) is 5.75. The maximum Gasteiger partial charge on any atom is 0.0962 e. The van der Waals surface area contributed by atoms with Crippen molar-refractivity contribution in [3.63, 3.8) is 0 Å². The smallest absolute Gasteiger partial charge is 0.0962 e. The summed E-state index contributed by atoms with van der Waals surface area (Å²) in [6, 6.07) is 0. The van der Waals surface area contributed by atoms with Crippen molar-refractivity contribution in [1.29, 1.82) is 0 Å². The predicted octanol–water partition coefficient (Wildman–Crippen LogP) is 3.30. The Bertz CT molecular complexity index is 343. The summed E-state index contributed by atoms with van der Waals surface area (Å²) < 4.78 is 0. The third kappa shape index (κ3) is 2.23. The van der Waals surface area contributed by atoms with E-state index in [1.807, 2.05) is 11.3 Å². The zero-order valence-electron chi connectivity index (χ0n) is 9.84. The van der Waals surface area contributed by atoms with Crippen LogP contribution in [0.4, 0.5) is 0 Å². The van der Waals surface area contributed by atoms with Crippen LogP contribution in [-0.2, 0) is 5.54 Å². The van der Waals surface area contributed by atoms with Crippen molar-refractivity contribution in [3.8, 4) is 0 Å². The quantitative estimate of drug-likeness (QED) is 0.837. The molecule has 2 N–H and O–H groups in total. The summed E-state index contributed by atoms with van der Waals surface area (Å²) >= 11 is 1.83. The first kappa shape index (κ1) is 11.1. The molecule has 0 amide bonds. The third-order valence-electron chi connectivity index (χ3n) is 3.10. The van der Waals surface area contributed by atoms with Gasteiger partial charge in [0, 0.05) is 16.3 Å². The molecular formula is C12H20N2S. The van der Waals surface area contributed by atoms with Gasteiger partial charge in [-0.2, -0.15) is 0 Å². The molecule has 0 bridgehead atoms. The van der Waals surface area contributed by atoms with Gasteiger partial charge in [-0.25, -0.2) is 4.98 Å². The van der Waals surface area contributed by atoms with Crippen molar-refractivity contribution >= 4 is 11.3 Å². The first-order chi connectivity index (χ1) is 6.98. The van der Waals surface area contributed by atoms with Crippen molar-refractivity contribution in [1.82, 2.24) is 4.98 Å². The molecule has 1 fully saturated rings. The van der Waals surface area contributed by atoms with E-state index < -0.39 is 0 Å². The lowest BCUT2D eigenvalue weighted by atomic mass is 10.0. The number of aryl methyl sites for hydroxylation is 1. The van der Waals surface area contributed by atoms with E-state index in [9.17, 15) is 0 Å². The number of nitrogens with two attached hydrogens (primary N) is 1. The van der Waals surface area contributed by atoms with Crippen LogP contribution in [0, 0.1) is 6.92 Å². The number of aromatic nitrogens is 1. The second-order valence-electron chi connectivity index (χ2n) is 5.17. The monoisotopic (exact) mass is 224 g/mol. The molecule has 2 nitrogen and oxygen atoms in total. The molecule has 15 heavy (non-hydrogen) atoms. The Labute approximate surface area is 95.9 Å². The van der Waals surface area contributed by atoms with Gasteiger partial charge in [0.05, 0.1) is 10.7 Å². The van der Waals surface area contributed by atoms with Gasteiger partial charge in [0.1, 0.15) is 0 Å². The molecule has 0 aromatic carbocycles. The molecule has 84 valence electrons. The van der Waals surface area contributed by atoms with Crippen LogP contribution in [0.1, 0.15) is 61.0 Å². The Morgan fingerprint density at radius 3 is 2.40 bits per heavy atom. The van der Waals surface area contributed by atoms with Crippen molar-refractivity contribution in [2.75, 3.05) is 0 Å². The fourth-order valence-corrected chi connectivity index (χ4v) is 3.61. The van der Waals surface area contributed by atoms with Crippen molar-refractivity contribution in [3.05, 3.63) is 15.6 Å². The number of hydrogen-bond acceptors (Lipinski definition) is 3. The maximum atomic E-state index is 6.14. The van der Waals surface area contributed by atoms with E-state index in [0.717, 1.165) is 5.69 Å². The van der Waals surface area contributed by atoms with Gasteiger partial charge in [-0.1, -0.05) is 12.8 Å². The van der Waals surface area contributed by atoms with Crippen molar-refractivity contribution in [2.24, 2.45) is 5.73 Å². The molecule has 1 heterocycles. The standard InChI is InChI=1S/C12H20N2S/c1-8-10(12(2,3)13)15-11(14-8)9-6-4-5-7-9/h9H,4-7,13H2,1-3H3. The molecule has 0 radical (unpaired) electrons. The number of nitrogens with zero attached hydrogens (tertiary/aromatic N) is 1. The lowest BCUT2D eigenvalue weighted by Crippen LogP contribution is -2.28. The fourth-order valence-electron chi connectivity index (χ4n) is 2.36. The molecule has 0 unspecified atom stereocenters. The van der Waals surface area contributed by atoms with Crippen LogP contribution < -0.4 is 5.73 Å². The van der Waals surface area contributed by atoms with Gasteiger partial charge in [-0.05, 0) is 33.6 Å². The summed E-state index contributed by atoms with van der Waals surface area (Å²) in [6.45, 7) is 6.21. The summed E-state index contributed by atoms with van der Waals surface area (Å²) in [4.78, 5) is 5.95. The van der Waals surface area contributed by atoms with Crippen LogP contribution in [0.25, 0.3) is 0 Å². The molecule has 1 aliphatic carbocycles. The lowest BCUT2D eigenvalue weighted by molar-refractivity contribution is 0.562. The summed E-state index contributed by atoms with van der Waals surface area (Å²) in [6.07, 6.45) is 5.37. The molecule has 1 saturated carbocycles. The van der Waals surface area contributed by atoms with Crippen LogP contribution in [-0.4, -0.2) is 4.98 Å². The summed E-state index contributed by atoms with van der Waals surface area (Å²) in [5.41, 5.74) is 7.04. The van der Waals surface area contributed by atoms with Gasteiger partial charge in [0.15, 0.2) is 0 Å². The van der Waals surface area contributed by atoms with Gasteiger partial charge >= 0.3 is 0 Å². The average Bonchev–Trinajstić information content (AvgIpc) is 2.68. The Hall–Kier alpha value is -0.410. The van der Waals surface area contributed by atoms with Crippen molar-refractivity contribution in [2.45, 2.75) is 57.9 Å². The van der Waals surface area contributed by atoms with Gasteiger partial charge < -0.3 is 5.73 Å². The van der Waals surface area contributed by atoms with E-state index in [1.54, 1.807) is 0 Å². The Morgan fingerprint density at radius 2 is 1.93 bits per heavy atom. The summed E-state index contributed by atoms with van der Waals surface area (Å²) in [5.74, 6) is 0.713. The van der Waals surface area contributed by atoms with Crippen LogP contribution >= 0.6 is 11.3 Å². The SMILES string of the molecule is Cc1nc(C2CCCC2)sc1C(C)(C)N. The maximum absolute atomic E-state index is 6.14. The molecule has 0 spiro atoms. The number of hydrogen-bond donors (Lipinski definition) is 1. The minimum Gasteiger partial charge on any atom is -0.321 e. The van der Waals surface area contributed by atoms with Gasteiger partial charge in [0.25, 0.3) is 0 Å². The molecule has 1 aromatic rings. The molecule has 0 atom stereocenters. The summed E-state index contributed by atoms with van der Waals surface area (Å²) in [7, 11) is 0. The molecule has 2 rings (SSSR count). The highest BCUT2D eigenvalue weighted by atomic mass is 32.1. The second-order valence-corrected chi connectivity index (χ2v) is 6.20. The van der Waals surface area contributed by atoms with E-state index in [-0.39, 0.29) is 5.54 Å². The van der Waals surface area contributed by atoms with E-state index in [0.29, 0.717) is 5.92 Å². The van der Waals surface area contributed by atoms with Gasteiger partial charge in [-0.3, -0.25) is 0 Å². The largest absolute Gasteiger partial charge is 0.321 e. The minimum atomic E-state index is -0.237. The van der Waals surface area contributed by atoms with Crippen LogP contribution in [0.5, 0.6) is 0 Å². The van der Waals surface area contributed by atoms with Gasteiger partial charge in [0.2, 0.25) is 0 Å². The van der Waals surface area contributed by atoms with E-state index >= 15 is 0 Å². The molecular weight excluding hydrogens is 204 g/mol. The zero-order chi connectivity index (χ0) is 11.1. The molecule has 0 saturated heterocycles. The second kappa shape index (κ2) is 3.87. The molecule has 1 aliphatic rings. The topological polar surface area (TPSA) is 38.9 Å².